The Hall–Kier alpha value is -2.63. The summed E-state index contributed by atoms with van der Waals surface area (Å²) in [6.07, 6.45) is 4.78. The highest BCUT2D eigenvalue weighted by molar-refractivity contribution is 7.17. The average molecular weight is 375 g/mol. The number of halogens is 1. The number of benzene rings is 2. The van der Waals surface area contributed by atoms with Gasteiger partial charge in [0.2, 0.25) is 0 Å². The number of likely N-dealkylation sites (N-methyl/N-ethyl adjacent to an activating group) is 1. The molecule has 27 heavy (non-hydrogen) atoms. The lowest BCUT2D eigenvalue weighted by atomic mass is 9.83. The normalized spacial score (nSPS) is 17.2. The third kappa shape index (κ3) is 2.83. The van der Waals surface area contributed by atoms with E-state index in [0.717, 1.165) is 17.7 Å². The van der Waals surface area contributed by atoms with Crippen molar-refractivity contribution in [2.24, 2.45) is 0 Å². The molecule has 0 N–H and O–H groups in total. The molecule has 0 saturated heterocycles. The van der Waals surface area contributed by atoms with Gasteiger partial charge in [-0.1, -0.05) is 24.3 Å². The molecule has 2 aromatic heterocycles. The van der Waals surface area contributed by atoms with Gasteiger partial charge in [0.1, 0.15) is 12.1 Å². The highest BCUT2D eigenvalue weighted by atomic mass is 32.1. The van der Waals surface area contributed by atoms with Crippen LogP contribution >= 0.6 is 11.3 Å². The molecule has 3 nitrogen and oxygen atoms in total. The molecule has 0 amide bonds. The van der Waals surface area contributed by atoms with Gasteiger partial charge in [-0.3, -0.25) is 0 Å². The summed E-state index contributed by atoms with van der Waals surface area (Å²) in [7, 11) is 2.05. The fourth-order valence-electron chi connectivity index (χ4n) is 4.00. The number of fused-ring (bicyclic) bond motifs is 2. The van der Waals surface area contributed by atoms with Gasteiger partial charge >= 0.3 is 0 Å². The predicted octanol–water partition coefficient (Wildman–Crippen LogP) is 5.07. The van der Waals surface area contributed by atoms with Crippen LogP contribution in [0.15, 0.2) is 60.5 Å². The van der Waals surface area contributed by atoms with Gasteiger partial charge in [0.25, 0.3) is 0 Å². The van der Waals surface area contributed by atoms with Crippen molar-refractivity contribution in [3.8, 4) is 11.1 Å². The first-order valence-electron chi connectivity index (χ1n) is 8.93. The molecule has 5 heteroatoms. The standard InChI is InChI=1S/C22H18FN3S/c1-26-11-19(15-3-2-14-6-7-27-21(14)8-15)18-5-4-17(22(23)20(18)12-26)16-9-24-13-25-10-16/h2-10,13,19H,11-12H2,1H3. The highest BCUT2D eigenvalue weighted by Gasteiger charge is 2.28. The van der Waals surface area contributed by atoms with Crippen molar-refractivity contribution in [2.75, 3.05) is 13.6 Å². The van der Waals surface area contributed by atoms with Crippen LogP contribution in [-0.2, 0) is 6.54 Å². The summed E-state index contributed by atoms with van der Waals surface area (Å²) in [5.74, 6) is 0.0110. The fraction of sp³-hybridized carbons (Fsp3) is 0.182. The molecule has 4 aromatic rings. The van der Waals surface area contributed by atoms with Gasteiger partial charge in [0, 0.05) is 52.8 Å². The Morgan fingerprint density at radius 3 is 2.81 bits per heavy atom. The topological polar surface area (TPSA) is 29.0 Å². The fourth-order valence-corrected chi connectivity index (χ4v) is 4.84. The van der Waals surface area contributed by atoms with Gasteiger partial charge in [0.15, 0.2) is 0 Å². The Balaban J connectivity index is 1.64. The van der Waals surface area contributed by atoms with Gasteiger partial charge in [-0.05, 0) is 41.1 Å². The van der Waals surface area contributed by atoms with E-state index in [1.54, 1.807) is 23.7 Å². The van der Waals surface area contributed by atoms with Gasteiger partial charge in [-0.15, -0.1) is 11.3 Å². The van der Waals surface area contributed by atoms with Gasteiger partial charge in [-0.2, -0.15) is 0 Å². The van der Waals surface area contributed by atoms with Crippen LogP contribution in [0.1, 0.15) is 22.6 Å². The third-order valence-electron chi connectivity index (χ3n) is 5.33. The number of thiophene rings is 1. The summed E-state index contributed by atoms with van der Waals surface area (Å²) in [4.78, 5) is 10.3. The van der Waals surface area contributed by atoms with Crippen LogP contribution in [0.2, 0.25) is 0 Å². The van der Waals surface area contributed by atoms with E-state index in [2.05, 4.69) is 57.6 Å². The Morgan fingerprint density at radius 1 is 1.11 bits per heavy atom. The minimum atomic E-state index is -0.156. The molecule has 0 aliphatic carbocycles. The lowest BCUT2D eigenvalue weighted by molar-refractivity contribution is 0.289. The molecular formula is C22H18FN3S. The van der Waals surface area contributed by atoms with E-state index in [-0.39, 0.29) is 11.7 Å². The number of aromatic nitrogens is 2. The van der Waals surface area contributed by atoms with Crippen LogP contribution in [0, 0.1) is 5.82 Å². The molecule has 0 saturated carbocycles. The van der Waals surface area contributed by atoms with Crippen molar-refractivity contribution in [1.29, 1.82) is 0 Å². The Morgan fingerprint density at radius 2 is 1.96 bits per heavy atom. The molecule has 1 aliphatic rings. The third-order valence-corrected chi connectivity index (χ3v) is 6.21. The maximum Gasteiger partial charge on any atom is 0.135 e. The maximum absolute atomic E-state index is 15.4. The summed E-state index contributed by atoms with van der Waals surface area (Å²) in [5, 5.41) is 3.38. The maximum atomic E-state index is 15.4. The summed E-state index contributed by atoms with van der Waals surface area (Å²) < 4.78 is 16.7. The summed E-state index contributed by atoms with van der Waals surface area (Å²) >= 11 is 1.75. The Bertz CT molecular complexity index is 1120. The summed E-state index contributed by atoms with van der Waals surface area (Å²) in [6.45, 7) is 1.50. The molecule has 2 aromatic carbocycles. The van der Waals surface area contributed by atoms with Crippen LogP contribution in [-0.4, -0.2) is 28.5 Å². The van der Waals surface area contributed by atoms with Crippen LogP contribution in [0.4, 0.5) is 4.39 Å². The van der Waals surface area contributed by atoms with Crippen LogP contribution in [0.3, 0.4) is 0 Å². The first-order valence-corrected chi connectivity index (χ1v) is 9.81. The van der Waals surface area contributed by atoms with E-state index in [0.29, 0.717) is 17.7 Å². The molecule has 5 rings (SSSR count). The summed E-state index contributed by atoms with van der Waals surface area (Å²) in [5.41, 5.74) is 4.39. The smallest absolute Gasteiger partial charge is 0.135 e. The van der Waals surface area contributed by atoms with Crippen molar-refractivity contribution in [2.45, 2.75) is 12.5 Å². The molecule has 1 aliphatic heterocycles. The number of nitrogens with zero attached hydrogens (tertiary/aromatic N) is 3. The number of hydrogen-bond donors (Lipinski definition) is 0. The van der Waals surface area contributed by atoms with Gasteiger partial charge in [0.05, 0.1) is 0 Å². The quantitative estimate of drug-likeness (QED) is 0.489. The van der Waals surface area contributed by atoms with Crippen LogP contribution < -0.4 is 0 Å². The van der Waals surface area contributed by atoms with Gasteiger partial charge < -0.3 is 4.90 Å². The zero-order valence-corrected chi connectivity index (χ0v) is 15.7. The molecule has 0 fully saturated rings. The second kappa shape index (κ2) is 6.51. The molecule has 0 spiro atoms. The minimum absolute atomic E-state index is 0.156. The second-order valence-electron chi connectivity index (χ2n) is 7.09. The van der Waals surface area contributed by atoms with Crippen molar-refractivity contribution in [3.63, 3.8) is 0 Å². The molecule has 3 heterocycles. The van der Waals surface area contributed by atoms with Crippen LogP contribution in [0.5, 0.6) is 0 Å². The van der Waals surface area contributed by atoms with Crippen LogP contribution in [0.25, 0.3) is 21.2 Å². The molecule has 1 unspecified atom stereocenters. The number of rotatable bonds is 2. The number of hydrogen-bond acceptors (Lipinski definition) is 4. The SMILES string of the molecule is CN1Cc2c(ccc(-c3cncnc3)c2F)C(c2ccc3ccsc3c2)C1. The zero-order valence-electron chi connectivity index (χ0n) is 14.9. The highest BCUT2D eigenvalue weighted by Crippen LogP contribution is 2.38. The van der Waals surface area contributed by atoms with E-state index in [9.17, 15) is 0 Å². The largest absolute Gasteiger partial charge is 0.301 e. The minimum Gasteiger partial charge on any atom is -0.301 e. The van der Waals surface area contributed by atoms with Gasteiger partial charge in [-0.25, -0.2) is 14.4 Å². The van der Waals surface area contributed by atoms with Crippen molar-refractivity contribution >= 4 is 21.4 Å². The molecular weight excluding hydrogens is 357 g/mol. The second-order valence-corrected chi connectivity index (χ2v) is 8.04. The van der Waals surface area contributed by atoms with E-state index in [1.165, 1.54) is 22.0 Å². The molecule has 1 atom stereocenters. The van der Waals surface area contributed by atoms with E-state index in [1.807, 2.05) is 6.07 Å². The monoisotopic (exact) mass is 375 g/mol. The lowest BCUT2D eigenvalue weighted by Gasteiger charge is -2.33. The Kier molecular flexibility index (Phi) is 3.99. The Labute approximate surface area is 161 Å². The van der Waals surface area contributed by atoms with Crippen molar-refractivity contribution < 1.29 is 4.39 Å². The van der Waals surface area contributed by atoms with Crippen molar-refractivity contribution in [1.82, 2.24) is 14.9 Å². The van der Waals surface area contributed by atoms with E-state index >= 15 is 4.39 Å². The summed E-state index contributed by atoms with van der Waals surface area (Å²) in [6, 6.07) is 12.7. The van der Waals surface area contributed by atoms with E-state index < -0.39 is 0 Å². The lowest BCUT2D eigenvalue weighted by Crippen LogP contribution is -2.31. The molecule has 134 valence electrons. The zero-order chi connectivity index (χ0) is 18.4. The average Bonchev–Trinajstić information content (AvgIpc) is 3.17. The molecule has 0 radical (unpaired) electrons. The first kappa shape index (κ1) is 16.5. The predicted molar refractivity (Wildman–Crippen MR) is 107 cm³/mol. The first-order chi connectivity index (χ1) is 13.2. The van der Waals surface area contributed by atoms with Crippen molar-refractivity contribution in [3.05, 3.63) is 83.0 Å². The molecule has 0 bridgehead atoms. The van der Waals surface area contributed by atoms with E-state index in [4.69, 9.17) is 0 Å².